The lowest BCUT2D eigenvalue weighted by Crippen LogP contribution is -2.01. The molecule has 0 amide bonds. The molecule has 0 saturated carbocycles. The number of hydrogen-bond donors (Lipinski definition) is 1. The molecule has 20 heavy (non-hydrogen) atoms. The normalized spacial score (nSPS) is 10.7. The largest absolute Gasteiger partial charge is 0.485 e. The molecule has 1 aromatic heterocycles. The Morgan fingerprint density at radius 3 is 2.75 bits per heavy atom. The number of carboxylic acid groups (broad SMARTS) is 1. The van der Waals surface area contributed by atoms with E-state index >= 15 is 0 Å². The van der Waals surface area contributed by atoms with Crippen LogP contribution in [0, 0.1) is 0 Å². The zero-order chi connectivity index (χ0) is 14.4. The van der Waals surface area contributed by atoms with Gasteiger partial charge in [0.2, 0.25) is 0 Å². The molecular weight excluding hydrogens is 280 g/mol. The van der Waals surface area contributed by atoms with Gasteiger partial charge in [0.05, 0.1) is 5.02 Å². The van der Waals surface area contributed by atoms with Gasteiger partial charge in [-0.15, -0.1) is 0 Å². The first-order valence-electron chi connectivity index (χ1n) is 5.75. The SMILES string of the molecule is O=C(O)/C=C/c1c(Cl)cccc1OCc1ncccn1. The van der Waals surface area contributed by atoms with Gasteiger partial charge in [0.1, 0.15) is 12.4 Å². The van der Waals surface area contributed by atoms with E-state index in [0.29, 0.717) is 22.2 Å². The van der Waals surface area contributed by atoms with Crippen LogP contribution in [0.3, 0.4) is 0 Å². The molecule has 2 rings (SSSR count). The minimum absolute atomic E-state index is 0.176. The van der Waals surface area contributed by atoms with Gasteiger partial charge in [0.15, 0.2) is 5.82 Å². The number of halogens is 1. The van der Waals surface area contributed by atoms with E-state index < -0.39 is 5.97 Å². The van der Waals surface area contributed by atoms with Crippen LogP contribution in [0.15, 0.2) is 42.7 Å². The predicted molar refractivity (Wildman–Crippen MR) is 74.5 cm³/mol. The van der Waals surface area contributed by atoms with Gasteiger partial charge >= 0.3 is 5.97 Å². The van der Waals surface area contributed by atoms with Crippen LogP contribution >= 0.6 is 11.6 Å². The summed E-state index contributed by atoms with van der Waals surface area (Å²) in [6, 6.07) is 6.80. The summed E-state index contributed by atoms with van der Waals surface area (Å²) in [5, 5.41) is 9.08. The number of aromatic nitrogens is 2. The maximum Gasteiger partial charge on any atom is 0.328 e. The molecule has 0 bridgehead atoms. The summed E-state index contributed by atoms with van der Waals surface area (Å²) < 4.78 is 5.58. The molecule has 0 fully saturated rings. The summed E-state index contributed by atoms with van der Waals surface area (Å²) >= 11 is 6.04. The van der Waals surface area contributed by atoms with Crippen molar-refractivity contribution < 1.29 is 14.6 Å². The third kappa shape index (κ3) is 3.80. The Morgan fingerprint density at radius 1 is 1.30 bits per heavy atom. The topological polar surface area (TPSA) is 72.3 Å². The Kier molecular flexibility index (Phi) is 4.68. The van der Waals surface area contributed by atoms with E-state index in [9.17, 15) is 4.79 Å². The third-order valence-electron chi connectivity index (χ3n) is 2.38. The highest BCUT2D eigenvalue weighted by molar-refractivity contribution is 6.32. The van der Waals surface area contributed by atoms with Gasteiger partial charge in [-0.25, -0.2) is 14.8 Å². The Balaban J connectivity index is 2.19. The fourth-order valence-electron chi connectivity index (χ4n) is 1.51. The van der Waals surface area contributed by atoms with Crippen LogP contribution in [0.5, 0.6) is 5.75 Å². The lowest BCUT2D eigenvalue weighted by molar-refractivity contribution is -0.131. The number of ether oxygens (including phenoxy) is 1. The first-order valence-corrected chi connectivity index (χ1v) is 6.13. The second-order valence-electron chi connectivity index (χ2n) is 3.78. The van der Waals surface area contributed by atoms with E-state index in [0.717, 1.165) is 6.08 Å². The third-order valence-corrected chi connectivity index (χ3v) is 2.71. The van der Waals surface area contributed by atoms with E-state index in [2.05, 4.69) is 9.97 Å². The van der Waals surface area contributed by atoms with Crippen molar-refractivity contribution in [2.24, 2.45) is 0 Å². The first kappa shape index (κ1) is 14.0. The zero-order valence-electron chi connectivity index (χ0n) is 10.4. The average molecular weight is 291 g/mol. The number of hydrogen-bond acceptors (Lipinski definition) is 4. The summed E-state index contributed by atoms with van der Waals surface area (Å²) in [5.74, 6) is -0.0506. The van der Waals surface area contributed by atoms with Gasteiger partial charge in [-0.1, -0.05) is 17.7 Å². The molecule has 1 heterocycles. The summed E-state index contributed by atoms with van der Waals surface area (Å²) in [4.78, 5) is 18.7. The van der Waals surface area contributed by atoms with Crippen LogP contribution < -0.4 is 4.74 Å². The minimum Gasteiger partial charge on any atom is -0.485 e. The zero-order valence-corrected chi connectivity index (χ0v) is 11.1. The molecule has 0 saturated heterocycles. The predicted octanol–water partition coefficient (Wildman–Crippen LogP) is 2.81. The van der Waals surface area contributed by atoms with Crippen LogP contribution in [-0.4, -0.2) is 21.0 Å². The second-order valence-corrected chi connectivity index (χ2v) is 4.18. The number of aliphatic carboxylic acids is 1. The van der Waals surface area contributed by atoms with Crippen molar-refractivity contribution in [1.82, 2.24) is 9.97 Å². The van der Waals surface area contributed by atoms with Crippen molar-refractivity contribution in [2.45, 2.75) is 6.61 Å². The standard InChI is InChI=1S/C14H11ClN2O3/c15-11-3-1-4-12(10(11)5-6-14(18)19)20-9-13-16-7-2-8-17-13/h1-8H,9H2,(H,18,19)/b6-5+. The van der Waals surface area contributed by atoms with Crippen LogP contribution in [0.1, 0.15) is 11.4 Å². The van der Waals surface area contributed by atoms with Crippen LogP contribution in [0.4, 0.5) is 0 Å². The second kappa shape index (κ2) is 6.68. The summed E-state index contributed by atoms with van der Waals surface area (Å²) in [6.07, 6.45) is 5.64. The number of carbonyl (C=O) groups is 1. The molecule has 0 aliphatic heterocycles. The van der Waals surface area contributed by atoms with Crippen LogP contribution in [0.2, 0.25) is 5.02 Å². The van der Waals surface area contributed by atoms with E-state index in [4.69, 9.17) is 21.4 Å². The van der Waals surface area contributed by atoms with Crippen LogP contribution in [-0.2, 0) is 11.4 Å². The number of carboxylic acids is 1. The fourth-order valence-corrected chi connectivity index (χ4v) is 1.74. The summed E-state index contributed by atoms with van der Waals surface area (Å²) in [5.41, 5.74) is 0.507. The highest BCUT2D eigenvalue weighted by Crippen LogP contribution is 2.28. The quantitative estimate of drug-likeness (QED) is 0.857. The maximum atomic E-state index is 10.6. The fraction of sp³-hybridized carbons (Fsp3) is 0.0714. The Bertz CT molecular complexity index is 630. The van der Waals surface area contributed by atoms with Crippen molar-refractivity contribution in [3.63, 3.8) is 0 Å². The number of rotatable bonds is 5. The van der Waals surface area contributed by atoms with Crippen LogP contribution in [0.25, 0.3) is 6.08 Å². The minimum atomic E-state index is -1.05. The Morgan fingerprint density at radius 2 is 2.05 bits per heavy atom. The van der Waals surface area contributed by atoms with E-state index in [-0.39, 0.29) is 6.61 Å². The van der Waals surface area contributed by atoms with Gasteiger partial charge < -0.3 is 9.84 Å². The van der Waals surface area contributed by atoms with E-state index in [1.807, 2.05) is 0 Å². The molecule has 2 aromatic rings. The molecule has 0 aliphatic rings. The van der Waals surface area contributed by atoms with Crippen molar-refractivity contribution in [1.29, 1.82) is 0 Å². The molecule has 0 radical (unpaired) electrons. The molecule has 5 nitrogen and oxygen atoms in total. The molecule has 0 spiro atoms. The average Bonchev–Trinajstić information content (AvgIpc) is 2.45. The smallest absolute Gasteiger partial charge is 0.328 e. The van der Waals surface area contributed by atoms with Gasteiger partial charge in [-0.05, 0) is 24.3 Å². The van der Waals surface area contributed by atoms with Crippen molar-refractivity contribution >= 4 is 23.6 Å². The number of nitrogens with zero attached hydrogens (tertiary/aromatic N) is 2. The Labute approximate surface area is 120 Å². The molecule has 1 aromatic carbocycles. The monoisotopic (exact) mass is 290 g/mol. The van der Waals surface area contributed by atoms with Crippen molar-refractivity contribution in [3.05, 3.63) is 59.1 Å². The van der Waals surface area contributed by atoms with Gasteiger partial charge in [-0.2, -0.15) is 0 Å². The molecule has 6 heteroatoms. The summed E-state index contributed by atoms with van der Waals surface area (Å²) in [6.45, 7) is 0.176. The van der Waals surface area contributed by atoms with Crippen molar-refractivity contribution in [3.8, 4) is 5.75 Å². The van der Waals surface area contributed by atoms with Gasteiger partial charge in [0.25, 0.3) is 0 Å². The number of benzene rings is 1. The summed E-state index contributed by atoms with van der Waals surface area (Å²) in [7, 11) is 0. The van der Waals surface area contributed by atoms with E-state index in [1.54, 1.807) is 36.7 Å². The molecule has 0 unspecified atom stereocenters. The Hall–Kier alpha value is -2.40. The molecule has 0 aliphatic carbocycles. The first-order chi connectivity index (χ1) is 9.66. The maximum absolute atomic E-state index is 10.6. The van der Waals surface area contributed by atoms with E-state index in [1.165, 1.54) is 6.08 Å². The molecule has 1 N–H and O–H groups in total. The van der Waals surface area contributed by atoms with Crippen molar-refractivity contribution in [2.75, 3.05) is 0 Å². The lowest BCUT2D eigenvalue weighted by atomic mass is 10.2. The lowest BCUT2D eigenvalue weighted by Gasteiger charge is -2.09. The molecular formula is C14H11ClN2O3. The highest BCUT2D eigenvalue weighted by atomic mass is 35.5. The van der Waals surface area contributed by atoms with Gasteiger partial charge in [0, 0.05) is 24.0 Å². The molecule has 102 valence electrons. The highest BCUT2D eigenvalue weighted by Gasteiger charge is 2.07. The molecule has 0 atom stereocenters. The van der Waals surface area contributed by atoms with Gasteiger partial charge in [-0.3, -0.25) is 0 Å².